The minimum absolute atomic E-state index is 0.0295. The van der Waals surface area contributed by atoms with Crippen molar-refractivity contribution in [2.75, 3.05) is 0 Å². The molecule has 0 saturated heterocycles. The van der Waals surface area contributed by atoms with Crippen molar-refractivity contribution in [2.24, 2.45) is 0 Å². The molecule has 0 N–H and O–H groups in total. The van der Waals surface area contributed by atoms with Crippen LogP contribution < -0.4 is 0 Å². The van der Waals surface area contributed by atoms with E-state index in [2.05, 4.69) is 172 Å². The molecule has 0 aliphatic carbocycles. The number of hydrogen-bond acceptors (Lipinski definition) is 1. The Bertz CT molecular complexity index is 3480. The molecule has 0 aliphatic heterocycles. The van der Waals surface area contributed by atoms with E-state index in [1.165, 1.54) is 119 Å². The maximum Gasteiger partial charge on any atom is 0.0621 e. The van der Waals surface area contributed by atoms with Gasteiger partial charge < -0.3 is 8.80 Å². The van der Waals surface area contributed by atoms with Gasteiger partial charge in [-0.25, -0.2) is 0 Å². The highest BCUT2D eigenvalue weighted by atomic mass is 32.1. The maximum absolute atomic E-state index is 2.59. The van der Waals surface area contributed by atoms with Gasteiger partial charge in [-0.15, -0.1) is 11.3 Å². The molecule has 3 heteroatoms. The second-order valence-corrected chi connectivity index (χ2v) is 18.5. The van der Waals surface area contributed by atoms with E-state index in [1.54, 1.807) is 0 Å². The number of aromatic nitrogens is 2. The van der Waals surface area contributed by atoms with Crippen molar-refractivity contribution < 1.29 is 0 Å². The fourth-order valence-corrected chi connectivity index (χ4v) is 10.7. The summed E-state index contributed by atoms with van der Waals surface area (Å²) in [5.74, 6) is 0. The number of para-hydroxylation sites is 2. The molecule has 0 amide bonds. The van der Waals surface area contributed by atoms with Crippen molar-refractivity contribution in [2.45, 2.75) is 52.4 Å². The van der Waals surface area contributed by atoms with Crippen LogP contribution >= 0.6 is 11.3 Å². The largest absolute Gasteiger partial charge is 0.308 e. The quantitative estimate of drug-likeness (QED) is 0.161. The van der Waals surface area contributed by atoms with Crippen LogP contribution in [0.4, 0.5) is 0 Å². The fraction of sp³-hybridized carbons (Fsp3) is 0.160. The van der Waals surface area contributed by atoms with E-state index >= 15 is 0 Å². The first-order valence-corrected chi connectivity index (χ1v) is 19.7. The summed E-state index contributed by atoms with van der Waals surface area (Å²) in [5.41, 5.74) is 13.2. The van der Waals surface area contributed by atoms with Crippen LogP contribution in [0.5, 0.6) is 0 Å². The van der Waals surface area contributed by atoms with Crippen LogP contribution in [0.2, 0.25) is 0 Å². The van der Waals surface area contributed by atoms with Crippen molar-refractivity contribution >= 4 is 108 Å². The number of benzene rings is 7. The second kappa shape index (κ2) is 9.66. The molecule has 0 aliphatic rings. The lowest BCUT2D eigenvalue weighted by Gasteiger charge is -2.26. The van der Waals surface area contributed by atoms with Crippen LogP contribution in [0.1, 0.15) is 52.7 Å². The van der Waals surface area contributed by atoms with Gasteiger partial charge in [0, 0.05) is 63.3 Å². The minimum Gasteiger partial charge on any atom is -0.308 e. The van der Waals surface area contributed by atoms with Gasteiger partial charge in [-0.05, 0) is 81.6 Å². The summed E-state index contributed by atoms with van der Waals surface area (Å²) in [6, 6.07) is 46.8. The van der Waals surface area contributed by atoms with Crippen LogP contribution in [0.15, 0.2) is 121 Å². The lowest BCUT2D eigenvalue weighted by atomic mass is 9.79. The molecule has 0 fully saturated rings. The molecule has 0 spiro atoms. The molecule has 0 bridgehead atoms. The molecule has 254 valence electrons. The summed E-state index contributed by atoms with van der Waals surface area (Å²) in [5, 5.41) is 13.3. The average molecular weight is 699 g/mol. The van der Waals surface area contributed by atoms with Crippen molar-refractivity contribution in [3.8, 4) is 11.1 Å². The zero-order valence-corrected chi connectivity index (χ0v) is 31.7. The first kappa shape index (κ1) is 29.9. The highest BCUT2D eigenvalue weighted by Crippen LogP contribution is 2.49. The normalized spacial score (nSPS) is 13.5. The van der Waals surface area contributed by atoms with E-state index in [9.17, 15) is 0 Å². The molecule has 5 heterocycles. The summed E-state index contributed by atoms with van der Waals surface area (Å²) in [6.45, 7) is 14.0. The number of fused-ring (bicyclic) bond motifs is 16. The van der Waals surface area contributed by atoms with Gasteiger partial charge in [0.05, 0.1) is 33.1 Å². The average Bonchev–Trinajstić information content (AvgIpc) is 3.93. The minimum atomic E-state index is 0.0295. The third kappa shape index (κ3) is 3.78. The number of nitrogens with zero attached hydrogens (tertiary/aromatic N) is 2. The van der Waals surface area contributed by atoms with Gasteiger partial charge in [-0.2, -0.15) is 0 Å². The van der Waals surface area contributed by atoms with E-state index < -0.39 is 0 Å². The summed E-state index contributed by atoms with van der Waals surface area (Å²) in [6.07, 6.45) is 0. The lowest BCUT2D eigenvalue weighted by Crippen LogP contribution is -2.16. The van der Waals surface area contributed by atoms with Crippen LogP contribution in [0, 0.1) is 0 Å². The standard InChI is InChI=1S/C50H38N2S/c1-49(2,3)29-20-27(21-30(24-29)50(4,5)6)28-22-37-36-26-41-35(33-15-11-14-32-31-12-7-9-16-39(31)51(41)47(32)33)25-42(36)52-40-18-19-44-46(45(40)38(23-28)48(37)52)34-13-8-10-17-43(34)53-44/h7-26H,1-6H3. The summed E-state index contributed by atoms with van der Waals surface area (Å²) in [7, 11) is 0. The van der Waals surface area contributed by atoms with Gasteiger partial charge in [0.15, 0.2) is 0 Å². The van der Waals surface area contributed by atoms with Crippen molar-refractivity contribution in [1.29, 1.82) is 0 Å². The first-order valence-electron chi connectivity index (χ1n) is 18.9. The number of hydrogen-bond donors (Lipinski definition) is 0. The van der Waals surface area contributed by atoms with E-state index in [-0.39, 0.29) is 10.8 Å². The Morgan fingerprint density at radius 3 is 1.68 bits per heavy atom. The van der Waals surface area contributed by atoms with Gasteiger partial charge in [0.2, 0.25) is 0 Å². The fourth-order valence-electron chi connectivity index (χ4n) is 9.60. The van der Waals surface area contributed by atoms with E-state index in [4.69, 9.17) is 0 Å². The van der Waals surface area contributed by atoms with Crippen molar-refractivity contribution in [3.63, 3.8) is 0 Å². The molecular weight excluding hydrogens is 661 g/mol. The Morgan fingerprint density at radius 2 is 0.943 bits per heavy atom. The molecule has 12 aromatic rings. The van der Waals surface area contributed by atoms with Gasteiger partial charge in [-0.1, -0.05) is 114 Å². The van der Waals surface area contributed by atoms with Gasteiger partial charge >= 0.3 is 0 Å². The molecule has 0 saturated carbocycles. The van der Waals surface area contributed by atoms with Crippen molar-refractivity contribution in [3.05, 3.63) is 132 Å². The van der Waals surface area contributed by atoms with Crippen LogP contribution in [0.3, 0.4) is 0 Å². The van der Waals surface area contributed by atoms with Crippen LogP contribution in [0.25, 0.3) is 107 Å². The zero-order chi connectivity index (χ0) is 35.7. The second-order valence-electron chi connectivity index (χ2n) is 17.4. The molecule has 7 aromatic carbocycles. The molecule has 53 heavy (non-hydrogen) atoms. The van der Waals surface area contributed by atoms with E-state index in [1.807, 2.05) is 11.3 Å². The Labute approximate surface area is 311 Å². The number of rotatable bonds is 1. The van der Waals surface area contributed by atoms with Gasteiger partial charge in [0.25, 0.3) is 0 Å². The Morgan fingerprint density at radius 1 is 0.377 bits per heavy atom. The summed E-state index contributed by atoms with van der Waals surface area (Å²) in [4.78, 5) is 0. The molecule has 0 radical (unpaired) electrons. The van der Waals surface area contributed by atoms with E-state index in [0.29, 0.717) is 0 Å². The lowest BCUT2D eigenvalue weighted by molar-refractivity contribution is 0.569. The molecule has 5 aromatic heterocycles. The Hall–Kier alpha value is -5.64. The third-order valence-electron chi connectivity index (χ3n) is 12.2. The molecular formula is C50H38N2S. The van der Waals surface area contributed by atoms with Crippen molar-refractivity contribution in [1.82, 2.24) is 8.80 Å². The van der Waals surface area contributed by atoms with E-state index in [0.717, 1.165) is 0 Å². The molecule has 2 nitrogen and oxygen atoms in total. The molecule has 0 unspecified atom stereocenters. The first-order chi connectivity index (χ1) is 25.5. The Balaban J connectivity index is 1.30. The highest BCUT2D eigenvalue weighted by molar-refractivity contribution is 7.26. The predicted octanol–water partition coefficient (Wildman–Crippen LogP) is 14.6. The topological polar surface area (TPSA) is 8.82 Å². The van der Waals surface area contributed by atoms with Crippen LogP contribution in [-0.4, -0.2) is 8.80 Å². The zero-order valence-electron chi connectivity index (χ0n) is 30.8. The van der Waals surface area contributed by atoms with Gasteiger partial charge in [-0.3, -0.25) is 0 Å². The Kier molecular flexibility index (Phi) is 5.45. The smallest absolute Gasteiger partial charge is 0.0621 e. The third-order valence-corrected chi connectivity index (χ3v) is 13.4. The molecule has 12 rings (SSSR count). The monoisotopic (exact) mass is 698 g/mol. The summed E-state index contributed by atoms with van der Waals surface area (Å²) >= 11 is 1.91. The maximum atomic E-state index is 2.59. The predicted molar refractivity (Wildman–Crippen MR) is 231 cm³/mol. The molecule has 0 atom stereocenters. The van der Waals surface area contributed by atoms with Gasteiger partial charge in [0.1, 0.15) is 0 Å². The highest BCUT2D eigenvalue weighted by Gasteiger charge is 2.26. The number of thiophene rings is 1. The van der Waals surface area contributed by atoms with Crippen LogP contribution in [-0.2, 0) is 10.8 Å². The SMILES string of the molecule is CC(C)(C)c1cc(-c2cc3c4cc5c(cc4n4c6ccc7sc8ccccc8c7c6c(c2)c34)c2cccc3c4ccccc4n5c32)cc(C(C)(C)C)c1. The summed E-state index contributed by atoms with van der Waals surface area (Å²) < 4.78 is 7.80.